The smallest absolute Gasteiger partial charge is 0.335 e. The van der Waals surface area contributed by atoms with Crippen LogP contribution in [0.15, 0.2) is 54.7 Å². The fourth-order valence-electron chi connectivity index (χ4n) is 5.74. The maximum Gasteiger partial charge on any atom is 0.335 e. The maximum absolute atomic E-state index is 13.5. The third kappa shape index (κ3) is 5.61. The van der Waals surface area contributed by atoms with Gasteiger partial charge in [0.2, 0.25) is 0 Å². The van der Waals surface area contributed by atoms with Gasteiger partial charge in [-0.05, 0) is 53.6 Å². The second-order valence-corrected chi connectivity index (χ2v) is 10.7. The Morgan fingerprint density at radius 1 is 1.02 bits per heavy atom. The standard InChI is InChI=1S/C31H32N6O5/c1-19-22-8-9-25(24(22)7-6-23(19)31(40)41)35-30(39)27-16-26(34-28-10-11-33-37(27)28)29(38)32-17-20-2-4-21(5-3-20)18-36-12-14-42-15-13-36/h2-7,10-11,16,25H,8-9,12-15,17-18H2,1H3,(H,32,38)(H,35,39)(H,40,41)/t25-/m0/s1. The van der Waals surface area contributed by atoms with Crippen molar-refractivity contribution in [2.45, 2.75) is 38.9 Å². The summed E-state index contributed by atoms with van der Waals surface area (Å²) in [5.41, 5.74) is 5.71. The Bertz CT molecular complexity index is 1660. The number of aromatic carboxylic acids is 1. The average Bonchev–Trinajstić information content (AvgIpc) is 3.64. The van der Waals surface area contributed by atoms with Gasteiger partial charge in [-0.1, -0.05) is 30.3 Å². The fraction of sp³-hybridized carbons (Fsp3) is 0.323. The van der Waals surface area contributed by atoms with Gasteiger partial charge in [0.25, 0.3) is 11.8 Å². The van der Waals surface area contributed by atoms with Gasteiger partial charge in [0.15, 0.2) is 5.65 Å². The summed E-state index contributed by atoms with van der Waals surface area (Å²) >= 11 is 0. The molecule has 0 saturated carbocycles. The Morgan fingerprint density at radius 2 is 1.79 bits per heavy atom. The van der Waals surface area contributed by atoms with Gasteiger partial charge in [-0.25, -0.2) is 14.3 Å². The largest absolute Gasteiger partial charge is 0.478 e. The molecule has 216 valence electrons. The molecule has 11 nitrogen and oxygen atoms in total. The molecule has 42 heavy (non-hydrogen) atoms. The van der Waals surface area contributed by atoms with Crippen molar-refractivity contribution >= 4 is 23.4 Å². The number of ether oxygens (including phenoxy) is 1. The van der Waals surface area contributed by atoms with Crippen molar-refractivity contribution in [3.05, 3.63) is 99.5 Å². The SMILES string of the molecule is Cc1c(C(=O)O)ccc2c1CC[C@@H]2NC(=O)c1cc(C(=O)NCc2ccc(CN3CCOCC3)cc2)nc2ccnn12. The van der Waals surface area contributed by atoms with Crippen LogP contribution in [-0.2, 0) is 24.2 Å². The Hall–Kier alpha value is -4.61. The molecule has 1 aliphatic heterocycles. The summed E-state index contributed by atoms with van der Waals surface area (Å²) in [5, 5.41) is 19.6. The molecular formula is C31H32N6O5. The number of fused-ring (bicyclic) bond motifs is 2. The molecule has 11 heteroatoms. The Balaban J connectivity index is 1.14. The number of rotatable bonds is 8. The van der Waals surface area contributed by atoms with Gasteiger partial charge < -0.3 is 20.5 Å². The minimum atomic E-state index is -0.966. The van der Waals surface area contributed by atoms with Crippen molar-refractivity contribution < 1.29 is 24.2 Å². The van der Waals surface area contributed by atoms with E-state index in [4.69, 9.17) is 4.74 Å². The summed E-state index contributed by atoms with van der Waals surface area (Å²) in [7, 11) is 0. The van der Waals surface area contributed by atoms with E-state index in [2.05, 4.69) is 37.7 Å². The lowest BCUT2D eigenvalue weighted by Crippen LogP contribution is -2.35. The molecule has 0 radical (unpaired) electrons. The zero-order valence-corrected chi connectivity index (χ0v) is 23.3. The number of amides is 2. The van der Waals surface area contributed by atoms with Crippen LogP contribution >= 0.6 is 0 Å². The van der Waals surface area contributed by atoms with Crippen molar-refractivity contribution in [1.29, 1.82) is 0 Å². The summed E-state index contributed by atoms with van der Waals surface area (Å²) < 4.78 is 6.82. The van der Waals surface area contributed by atoms with Crippen LogP contribution in [-0.4, -0.2) is 68.7 Å². The summed E-state index contributed by atoms with van der Waals surface area (Å²) in [4.78, 5) is 44.9. The third-order valence-electron chi connectivity index (χ3n) is 8.04. The summed E-state index contributed by atoms with van der Waals surface area (Å²) in [6.07, 6.45) is 2.85. The first-order chi connectivity index (χ1) is 20.4. The third-order valence-corrected chi connectivity index (χ3v) is 8.04. The highest BCUT2D eigenvalue weighted by Gasteiger charge is 2.29. The second kappa shape index (κ2) is 11.7. The van der Waals surface area contributed by atoms with Crippen molar-refractivity contribution in [2.24, 2.45) is 0 Å². The highest BCUT2D eigenvalue weighted by molar-refractivity contribution is 5.98. The summed E-state index contributed by atoms with van der Waals surface area (Å²) in [6.45, 7) is 6.35. The van der Waals surface area contributed by atoms with Gasteiger partial charge in [-0.3, -0.25) is 14.5 Å². The van der Waals surface area contributed by atoms with Crippen LogP contribution in [0.3, 0.4) is 0 Å². The van der Waals surface area contributed by atoms with Gasteiger partial charge >= 0.3 is 5.97 Å². The molecule has 1 saturated heterocycles. The van der Waals surface area contributed by atoms with Gasteiger partial charge in [0, 0.05) is 38.3 Å². The van der Waals surface area contributed by atoms with Crippen molar-refractivity contribution in [3.63, 3.8) is 0 Å². The van der Waals surface area contributed by atoms with E-state index in [0.717, 1.165) is 55.1 Å². The Kier molecular flexibility index (Phi) is 7.68. The zero-order chi connectivity index (χ0) is 29.2. The predicted octanol–water partition coefficient (Wildman–Crippen LogP) is 2.92. The molecule has 1 aliphatic carbocycles. The lowest BCUT2D eigenvalue weighted by molar-refractivity contribution is 0.0342. The number of nitrogens with one attached hydrogen (secondary N) is 2. The summed E-state index contributed by atoms with van der Waals surface area (Å²) in [6, 6.07) is 14.3. The van der Waals surface area contributed by atoms with Gasteiger partial charge in [0.1, 0.15) is 11.4 Å². The second-order valence-electron chi connectivity index (χ2n) is 10.7. The van der Waals surface area contributed by atoms with Crippen LogP contribution in [0.5, 0.6) is 0 Å². The molecule has 1 fully saturated rings. The van der Waals surface area contributed by atoms with Gasteiger partial charge in [0.05, 0.1) is 31.0 Å². The number of carboxylic acid groups (broad SMARTS) is 1. The number of hydrogen-bond donors (Lipinski definition) is 3. The normalized spacial score (nSPS) is 16.7. The van der Waals surface area contributed by atoms with E-state index in [1.807, 2.05) is 12.1 Å². The van der Waals surface area contributed by atoms with Crippen molar-refractivity contribution in [3.8, 4) is 0 Å². The number of hydrogen-bond acceptors (Lipinski definition) is 7. The molecule has 4 aromatic rings. The van der Waals surface area contributed by atoms with Crippen LogP contribution in [0.25, 0.3) is 5.65 Å². The monoisotopic (exact) mass is 568 g/mol. The highest BCUT2D eigenvalue weighted by Crippen LogP contribution is 2.35. The first kappa shape index (κ1) is 27.6. The first-order valence-corrected chi connectivity index (χ1v) is 14.0. The molecule has 2 aromatic carbocycles. The van der Waals surface area contributed by atoms with Crippen LogP contribution in [0.1, 0.15) is 71.6 Å². The summed E-state index contributed by atoms with van der Waals surface area (Å²) in [5.74, 6) is -1.76. The van der Waals surface area contributed by atoms with E-state index in [0.29, 0.717) is 25.0 Å². The van der Waals surface area contributed by atoms with Crippen LogP contribution in [0.4, 0.5) is 0 Å². The molecule has 2 amide bonds. The molecule has 0 unspecified atom stereocenters. The lowest BCUT2D eigenvalue weighted by Gasteiger charge is -2.26. The number of benzene rings is 2. The van der Waals surface area contributed by atoms with E-state index in [1.165, 1.54) is 22.3 Å². The quantitative estimate of drug-likeness (QED) is 0.295. The number of morpholine rings is 1. The van der Waals surface area contributed by atoms with Gasteiger partial charge in [-0.2, -0.15) is 5.10 Å². The molecule has 3 N–H and O–H groups in total. The molecule has 2 aliphatic rings. The average molecular weight is 569 g/mol. The molecular weight excluding hydrogens is 536 g/mol. The molecule has 0 bridgehead atoms. The molecule has 6 rings (SSSR count). The van der Waals surface area contributed by atoms with E-state index in [-0.39, 0.29) is 23.0 Å². The fourth-order valence-corrected chi connectivity index (χ4v) is 5.74. The zero-order valence-electron chi connectivity index (χ0n) is 23.3. The molecule has 0 spiro atoms. The Labute approximate surface area is 242 Å². The highest BCUT2D eigenvalue weighted by atomic mass is 16.5. The minimum absolute atomic E-state index is 0.117. The first-order valence-electron chi connectivity index (χ1n) is 14.0. The number of carboxylic acids is 1. The topological polar surface area (TPSA) is 138 Å². The lowest BCUT2D eigenvalue weighted by atomic mass is 9.98. The van der Waals surface area contributed by atoms with E-state index < -0.39 is 17.8 Å². The molecule has 1 atom stereocenters. The van der Waals surface area contributed by atoms with Crippen molar-refractivity contribution in [1.82, 2.24) is 30.1 Å². The minimum Gasteiger partial charge on any atom is -0.478 e. The van der Waals surface area contributed by atoms with Crippen molar-refractivity contribution in [2.75, 3.05) is 26.3 Å². The Morgan fingerprint density at radius 3 is 2.55 bits per heavy atom. The maximum atomic E-state index is 13.5. The van der Waals surface area contributed by atoms with E-state index >= 15 is 0 Å². The molecule has 3 heterocycles. The predicted molar refractivity (Wildman–Crippen MR) is 153 cm³/mol. The van der Waals surface area contributed by atoms with Crippen LogP contribution in [0.2, 0.25) is 0 Å². The van der Waals surface area contributed by atoms with E-state index in [1.54, 1.807) is 25.1 Å². The van der Waals surface area contributed by atoms with E-state index in [9.17, 15) is 19.5 Å². The van der Waals surface area contributed by atoms with Crippen LogP contribution < -0.4 is 10.6 Å². The van der Waals surface area contributed by atoms with Gasteiger partial charge in [-0.15, -0.1) is 0 Å². The molecule has 2 aromatic heterocycles. The number of carbonyl (C=O) groups excluding carboxylic acids is 2. The number of aromatic nitrogens is 3. The number of nitrogens with zero attached hydrogens (tertiary/aromatic N) is 4. The number of carbonyl (C=O) groups is 3. The van der Waals surface area contributed by atoms with Crippen LogP contribution in [0, 0.1) is 6.92 Å².